The van der Waals surface area contributed by atoms with Crippen molar-refractivity contribution in [1.29, 1.82) is 0 Å². The number of rotatable bonds is 9. The van der Waals surface area contributed by atoms with Crippen molar-refractivity contribution in [1.82, 2.24) is 5.32 Å². The van der Waals surface area contributed by atoms with Crippen molar-refractivity contribution in [2.75, 3.05) is 13.7 Å². The van der Waals surface area contributed by atoms with E-state index < -0.39 is 0 Å². The molecule has 0 aliphatic heterocycles. The molecule has 30 heavy (non-hydrogen) atoms. The average molecular weight is 410 g/mol. The summed E-state index contributed by atoms with van der Waals surface area (Å²) < 4.78 is 5.95. The van der Waals surface area contributed by atoms with E-state index in [-0.39, 0.29) is 29.5 Å². The number of fused-ring (bicyclic) bond motifs is 1. The molecule has 5 N–H and O–H groups in total. The van der Waals surface area contributed by atoms with E-state index in [1.165, 1.54) is 16.7 Å². The topological polar surface area (TPSA) is 90.4 Å². The molecular weight excluding hydrogens is 374 g/mol. The minimum atomic E-state index is -0.387. The van der Waals surface area contributed by atoms with Crippen molar-refractivity contribution >= 4 is 5.91 Å². The number of ether oxygens (including phenoxy) is 1. The number of carbonyl (C=O) groups excluding carboxylic acids is 1. The fourth-order valence-electron chi connectivity index (χ4n) is 5.11. The van der Waals surface area contributed by atoms with Crippen LogP contribution in [0.5, 0.6) is 0 Å². The number of methoxy groups -OCH3 is 1. The molecule has 0 aromatic heterocycles. The van der Waals surface area contributed by atoms with E-state index in [9.17, 15) is 4.79 Å². The number of nitrogens with one attached hydrogen (secondary N) is 1. The summed E-state index contributed by atoms with van der Waals surface area (Å²) in [6.07, 6.45) is 3.54. The number of hydrogen-bond acceptors (Lipinski definition) is 4. The van der Waals surface area contributed by atoms with Crippen molar-refractivity contribution in [3.8, 4) is 0 Å². The van der Waals surface area contributed by atoms with Crippen LogP contribution in [0.1, 0.15) is 53.7 Å². The van der Waals surface area contributed by atoms with Crippen molar-refractivity contribution in [2.45, 2.75) is 63.1 Å². The number of benzene rings is 2. The Bertz CT molecular complexity index is 849. The van der Waals surface area contributed by atoms with Crippen molar-refractivity contribution in [3.05, 3.63) is 70.8 Å². The SMILES string of the molecule is CCC1(CC)c2cc(C(N)=O)ccc2C[C@@H](OC)[C@@H]1NC[C@@H](N)Cc1ccccc1. The Labute approximate surface area is 180 Å². The van der Waals surface area contributed by atoms with Gasteiger partial charge < -0.3 is 21.5 Å². The molecule has 3 atom stereocenters. The maximum absolute atomic E-state index is 11.8. The standard InChI is InChI=1S/C25H35N3O2/c1-4-25(5-2)21-14-19(24(27)29)12-11-18(21)15-22(30-3)23(25)28-16-20(26)13-17-9-7-6-8-10-17/h6-12,14,20,22-23,28H,4-5,13,15-16,26H2,1-3H3,(H2,27,29)/t20-,22+,23-/m0/s1. The molecule has 162 valence electrons. The molecule has 3 rings (SSSR count). The Morgan fingerprint density at radius 2 is 1.90 bits per heavy atom. The van der Waals surface area contributed by atoms with Gasteiger partial charge in [0, 0.05) is 43.1 Å². The maximum Gasteiger partial charge on any atom is 0.248 e. The lowest BCUT2D eigenvalue weighted by Gasteiger charge is -2.49. The number of primary amides is 1. The quantitative estimate of drug-likeness (QED) is 0.594. The van der Waals surface area contributed by atoms with Crippen molar-refractivity contribution < 1.29 is 9.53 Å². The van der Waals surface area contributed by atoms with Gasteiger partial charge >= 0.3 is 0 Å². The van der Waals surface area contributed by atoms with E-state index in [4.69, 9.17) is 16.2 Å². The summed E-state index contributed by atoms with van der Waals surface area (Å²) >= 11 is 0. The van der Waals surface area contributed by atoms with Crippen LogP contribution in [0.2, 0.25) is 0 Å². The first kappa shape index (κ1) is 22.5. The van der Waals surface area contributed by atoms with E-state index >= 15 is 0 Å². The number of hydrogen-bond donors (Lipinski definition) is 3. The van der Waals surface area contributed by atoms with Gasteiger partial charge in [-0.2, -0.15) is 0 Å². The average Bonchev–Trinajstić information content (AvgIpc) is 2.77. The summed E-state index contributed by atoms with van der Waals surface area (Å²) in [4.78, 5) is 11.8. The lowest BCUT2D eigenvalue weighted by atomic mass is 9.62. The Morgan fingerprint density at radius 3 is 2.50 bits per heavy atom. The number of amides is 1. The van der Waals surface area contributed by atoms with Crippen LogP contribution < -0.4 is 16.8 Å². The predicted octanol–water partition coefficient (Wildman–Crippen LogP) is 2.94. The molecule has 0 bridgehead atoms. The summed E-state index contributed by atoms with van der Waals surface area (Å²) in [6, 6.07) is 16.3. The molecule has 0 fully saturated rings. The molecule has 1 amide bonds. The third kappa shape index (κ3) is 4.43. The lowest BCUT2D eigenvalue weighted by Crippen LogP contribution is -2.60. The van der Waals surface area contributed by atoms with Gasteiger partial charge in [0.25, 0.3) is 0 Å². The van der Waals surface area contributed by atoms with Gasteiger partial charge in [0.2, 0.25) is 5.91 Å². The zero-order chi connectivity index (χ0) is 21.7. The van der Waals surface area contributed by atoms with Gasteiger partial charge in [0.1, 0.15) is 0 Å². The van der Waals surface area contributed by atoms with Crippen LogP contribution in [0.4, 0.5) is 0 Å². The molecule has 0 spiro atoms. The Hall–Kier alpha value is -2.21. The van der Waals surface area contributed by atoms with Crippen LogP contribution in [0.15, 0.2) is 48.5 Å². The van der Waals surface area contributed by atoms with Gasteiger partial charge in [-0.3, -0.25) is 4.79 Å². The van der Waals surface area contributed by atoms with Gasteiger partial charge in [-0.1, -0.05) is 50.2 Å². The first-order valence-electron chi connectivity index (χ1n) is 10.9. The molecule has 5 nitrogen and oxygen atoms in total. The molecule has 1 aliphatic rings. The second-order valence-corrected chi connectivity index (χ2v) is 8.41. The summed E-state index contributed by atoms with van der Waals surface area (Å²) in [5, 5.41) is 3.76. The maximum atomic E-state index is 11.8. The Balaban J connectivity index is 1.87. The smallest absolute Gasteiger partial charge is 0.248 e. The highest BCUT2D eigenvalue weighted by Gasteiger charge is 2.46. The molecule has 0 saturated heterocycles. The van der Waals surface area contributed by atoms with Crippen LogP contribution in [-0.2, 0) is 23.0 Å². The molecule has 1 aliphatic carbocycles. The number of nitrogens with two attached hydrogens (primary N) is 2. The molecule has 2 aromatic rings. The lowest BCUT2D eigenvalue weighted by molar-refractivity contribution is 0.0240. The van der Waals surface area contributed by atoms with Gasteiger partial charge in [-0.25, -0.2) is 0 Å². The Morgan fingerprint density at radius 1 is 1.20 bits per heavy atom. The van der Waals surface area contributed by atoms with Crippen molar-refractivity contribution in [3.63, 3.8) is 0 Å². The minimum absolute atomic E-state index is 0.00895. The van der Waals surface area contributed by atoms with Gasteiger partial charge in [0.15, 0.2) is 0 Å². The number of carbonyl (C=O) groups is 1. The Kier molecular flexibility index (Phi) is 7.29. The first-order valence-corrected chi connectivity index (χ1v) is 10.9. The van der Waals surface area contributed by atoms with E-state index in [0.717, 1.165) is 25.7 Å². The molecular formula is C25H35N3O2. The highest BCUT2D eigenvalue weighted by Crippen LogP contribution is 2.44. The third-order valence-electron chi connectivity index (χ3n) is 6.82. The third-order valence-corrected chi connectivity index (χ3v) is 6.82. The van der Waals surface area contributed by atoms with Crippen LogP contribution in [0.3, 0.4) is 0 Å². The monoisotopic (exact) mass is 409 g/mol. The van der Waals surface area contributed by atoms with Gasteiger partial charge in [-0.15, -0.1) is 0 Å². The molecule has 2 aromatic carbocycles. The molecule has 0 unspecified atom stereocenters. The predicted molar refractivity (Wildman–Crippen MR) is 122 cm³/mol. The summed E-state index contributed by atoms with van der Waals surface area (Å²) in [6.45, 7) is 5.12. The van der Waals surface area contributed by atoms with E-state index in [1.54, 1.807) is 7.11 Å². The summed E-state index contributed by atoms with van der Waals surface area (Å²) in [5.74, 6) is -0.387. The van der Waals surface area contributed by atoms with E-state index in [2.05, 4.69) is 31.3 Å². The fourth-order valence-corrected chi connectivity index (χ4v) is 5.11. The highest BCUT2D eigenvalue weighted by molar-refractivity contribution is 5.93. The zero-order valence-electron chi connectivity index (χ0n) is 18.4. The molecule has 0 heterocycles. The molecule has 0 radical (unpaired) electrons. The van der Waals surface area contributed by atoms with Gasteiger partial charge in [0.05, 0.1) is 6.10 Å². The van der Waals surface area contributed by atoms with E-state index in [0.29, 0.717) is 12.1 Å². The zero-order valence-corrected chi connectivity index (χ0v) is 18.4. The second-order valence-electron chi connectivity index (χ2n) is 8.41. The summed E-state index contributed by atoms with van der Waals surface area (Å²) in [7, 11) is 1.78. The van der Waals surface area contributed by atoms with E-state index in [1.807, 2.05) is 36.4 Å². The fraction of sp³-hybridized carbons (Fsp3) is 0.480. The van der Waals surface area contributed by atoms with Crippen LogP contribution in [0, 0.1) is 0 Å². The van der Waals surface area contributed by atoms with Gasteiger partial charge in [-0.05, 0) is 48.1 Å². The molecule has 0 saturated carbocycles. The molecule has 5 heteroatoms. The summed E-state index contributed by atoms with van der Waals surface area (Å²) in [5.41, 5.74) is 16.2. The normalized spacial score (nSPS) is 21.1. The minimum Gasteiger partial charge on any atom is -0.379 e. The highest BCUT2D eigenvalue weighted by atomic mass is 16.5. The largest absolute Gasteiger partial charge is 0.379 e. The second kappa shape index (κ2) is 9.73. The van der Waals surface area contributed by atoms with Crippen LogP contribution >= 0.6 is 0 Å². The van der Waals surface area contributed by atoms with Crippen molar-refractivity contribution in [2.24, 2.45) is 11.5 Å². The van der Waals surface area contributed by atoms with Crippen LogP contribution in [0.25, 0.3) is 0 Å². The van der Waals surface area contributed by atoms with Crippen LogP contribution in [-0.4, -0.2) is 37.7 Å². The first-order chi connectivity index (χ1) is 14.4.